The highest BCUT2D eigenvalue weighted by molar-refractivity contribution is 5.51. The third kappa shape index (κ3) is 6.59. The molecule has 2 N–H and O–H groups in total. The summed E-state index contributed by atoms with van der Waals surface area (Å²) in [5.41, 5.74) is 0.0900. The molecule has 2 fully saturated rings. The van der Waals surface area contributed by atoms with Gasteiger partial charge in [-0.05, 0) is 44.6 Å². The van der Waals surface area contributed by atoms with Gasteiger partial charge in [0.05, 0.1) is 18.1 Å². The monoisotopic (exact) mass is 467 g/mol. The Kier molecular flexibility index (Phi) is 8.57. The van der Waals surface area contributed by atoms with Gasteiger partial charge < -0.3 is 24.8 Å². The molecule has 1 aliphatic heterocycles. The Morgan fingerprint density at radius 3 is 2.62 bits per heavy atom. The van der Waals surface area contributed by atoms with Crippen LogP contribution < -0.4 is 15.4 Å². The number of aromatic nitrogens is 4. The van der Waals surface area contributed by atoms with Crippen molar-refractivity contribution in [1.82, 2.24) is 25.3 Å². The van der Waals surface area contributed by atoms with E-state index >= 15 is 0 Å². The number of hydrogen-bond acceptors (Lipinski definition) is 10. The van der Waals surface area contributed by atoms with E-state index in [1.807, 2.05) is 0 Å². The Balaban J connectivity index is 1.33. The first-order chi connectivity index (χ1) is 16.7. The molecule has 0 spiro atoms. The number of nitrogens with zero attached hydrogens (tertiary/aromatic N) is 5. The molecule has 1 aliphatic carbocycles. The predicted molar refractivity (Wildman–Crippen MR) is 126 cm³/mol. The van der Waals surface area contributed by atoms with Gasteiger partial charge in [-0.25, -0.2) is 15.0 Å². The third-order valence-electron chi connectivity index (χ3n) is 6.50. The van der Waals surface area contributed by atoms with Crippen LogP contribution in [0.25, 0.3) is 11.5 Å². The van der Waals surface area contributed by atoms with Crippen LogP contribution >= 0.6 is 0 Å². The normalized spacial score (nSPS) is 22.0. The number of anilines is 1. The van der Waals surface area contributed by atoms with Gasteiger partial charge in [0.1, 0.15) is 12.3 Å². The van der Waals surface area contributed by atoms with E-state index in [2.05, 4.69) is 36.6 Å². The minimum absolute atomic E-state index is 0.281. The van der Waals surface area contributed by atoms with Gasteiger partial charge in [0.2, 0.25) is 11.8 Å². The lowest BCUT2D eigenvalue weighted by atomic mass is 9.83. The molecule has 3 heterocycles. The van der Waals surface area contributed by atoms with Crippen LogP contribution in [0.4, 0.5) is 5.95 Å². The molecule has 0 bridgehead atoms. The smallest absolute Gasteiger partial charge is 0.223 e. The van der Waals surface area contributed by atoms with Crippen LogP contribution in [0.2, 0.25) is 0 Å². The van der Waals surface area contributed by atoms with Crippen LogP contribution in [0.5, 0.6) is 5.88 Å². The van der Waals surface area contributed by atoms with Crippen LogP contribution in [0.1, 0.15) is 38.5 Å². The summed E-state index contributed by atoms with van der Waals surface area (Å²) in [6.07, 6.45) is 9.02. The lowest BCUT2D eigenvalue weighted by molar-refractivity contribution is 0.0183. The van der Waals surface area contributed by atoms with Crippen LogP contribution in [-0.4, -0.2) is 72.1 Å². The van der Waals surface area contributed by atoms with E-state index in [0.29, 0.717) is 61.5 Å². The minimum Gasteiger partial charge on any atom is -0.476 e. The first-order valence-electron chi connectivity index (χ1n) is 12.0. The quantitative estimate of drug-likeness (QED) is 0.503. The standard InChI is InChI=1S/C24H33N7O3/c1-32-15-12-26-18-2-4-19(5-3-18)29-23-28-10-6-20(30-23)22-27-11-7-21(31-22)34-17-24(16-25)8-13-33-14-9-24/h6-7,10-11,18-19,26H,2-5,8-9,12-15,17H2,1H3,(H,28,29,30). The second-order valence-corrected chi connectivity index (χ2v) is 8.92. The lowest BCUT2D eigenvalue weighted by Crippen LogP contribution is -2.38. The average molecular weight is 468 g/mol. The molecule has 2 aliphatic rings. The Hall–Kier alpha value is -2.87. The zero-order chi connectivity index (χ0) is 23.6. The molecule has 10 nitrogen and oxygen atoms in total. The average Bonchev–Trinajstić information content (AvgIpc) is 2.90. The van der Waals surface area contributed by atoms with Crippen molar-refractivity contribution in [3.63, 3.8) is 0 Å². The Bertz CT molecular complexity index is 954. The van der Waals surface area contributed by atoms with Crippen molar-refractivity contribution < 1.29 is 14.2 Å². The number of nitriles is 1. The molecule has 0 aromatic carbocycles. The van der Waals surface area contributed by atoms with Crippen molar-refractivity contribution in [2.24, 2.45) is 5.41 Å². The van der Waals surface area contributed by atoms with Crippen LogP contribution in [0, 0.1) is 16.7 Å². The minimum atomic E-state index is -0.534. The Morgan fingerprint density at radius 1 is 1.09 bits per heavy atom. The van der Waals surface area contributed by atoms with Crippen LogP contribution in [0.15, 0.2) is 24.5 Å². The van der Waals surface area contributed by atoms with E-state index in [1.54, 1.807) is 31.6 Å². The molecule has 10 heteroatoms. The van der Waals surface area contributed by atoms with E-state index in [1.165, 1.54) is 0 Å². The highest BCUT2D eigenvalue weighted by atomic mass is 16.5. The molecule has 0 amide bonds. The second-order valence-electron chi connectivity index (χ2n) is 8.92. The number of methoxy groups -OCH3 is 1. The first kappa shape index (κ1) is 24.3. The molecule has 2 aromatic heterocycles. The molecule has 0 unspecified atom stereocenters. The van der Waals surface area contributed by atoms with Gasteiger partial charge >= 0.3 is 0 Å². The van der Waals surface area contributed by atoms with Gasteiger partial charge in [-0.15, -0.1) is 0 Å². The molecule has 1 saturated heterocycles. The summed E-state index contributed by atoms with van der Waals surface area (Å²) < 4.78 is 16.4. The lowest BCUT2D eigenvalue weighted by Gasteiger charge is -2.30. The SMILES string of the molecule is COCCNC1CCC(Nc2nccc(-c3nccc(OCC4(C#N)CCOCC4)n3)n2)CC1. The molecule has 0 atom stereocenters. The third-order valence-corrected chi connectivity index (χ3v) is 6.50. The summed E-state index contributed by atoms with van der Waals surface area (Å²) in [5, 5.41) is 16.6. The largest absolute Gasteiger partial charge is 0.476 e. The van der Waals surface area contributed by atoms with E-state index in [0.717, 1.165) is 38.8 Å². The zero-order valence-electron chi connectivity index (χ0n) is 19.7. The predicted octanol–water partition coefficient (Wildman–Crippen LogP) is 2.59. The Labute approximate surface area is 200 Å². The summed E-state index contributed by atoms with van der Waals surface area (Å²) in [5.74, 6) is 1.47. The first-order valence-corrected chi connectivity index (χ1v) is 12.0. The second kappa shape index (κ2) is 12.0. The Morgan fingerprint density at radius 2 is 1.85 bits per heavy atom. The van der Waals surface area contributed by atoms with Gasteiger partial charge in [0.25, 0.3) is 0 Å². The van der Waals surface area contributed by atoms with E-state index < -0.39 is 5.41 Å². The highest BCUT2D eigenvalue weighted by Gasteiger charge is 2.34. The van der Waals surface area contributed by atoms with E-state index in [9.17, 15) is 5.26 Å². The van der Waals surface area contributed by atoms with Crippen molar-refractivity contribution in [2.75, 3.05) is 45.4 Å². The molecule has 182 valence electrons. The van der Waals surface area contributed by atoms with Gasteiger partial charge in [-0.2, -0.15) is 10.2 Å². The van der Waals surface area contributed by atoms with Crippen LogP contribution in [-0.2, 0) is 9.47 Å². The van der Waals surface area contributed by atoms with Gasteiger partial charge in [-0.1, -0.05) is 0 Å². The van der Waals surface area contributed by atoms with Crippen molar-refractivity contribution in [2.45, 2.75) is 50.6 Å². The molecule has 1 saturated carbocycles. The fraction of sp³-hybridized carbons (Fsp3) is 0.625. The van der Waals surface area contributed by atoms with Crippen LogP contribution in [0.3, 0.4) is 0 Å². The summed E-state index contributed by atoms with van der Waals surface area (Å²) >= 11 is 0. The fourth-order valence-electron chi connectivity index (χ4n) is 4.35. The molecular formula is C24H33N7O3. The van der Waals surface area contributed by atoms with Crippen molar-refractivity contribution in [3.05, 3.63) is 24.5 Å². The summed E-state index contributed by atoms with van der Waals surface area (Å²) in [6, 6.07) is 6.78. The van der Waals surface area contributed by atoms with Gasteiger partial charge in [0, 0.05) is 57.4 Å². The van der Waals surface area contributed by atoms with E-state index in [4.69, 9.17) is 14.2 Å². The molecule has 0 radical (unpaired) electrons. The van der Waals surface area contributed by atoms with E-state index in [-0.39, 0.29) is 6.61 Å². The van der Waals surface area contributed by atoms with Gasteiger partial charge in [-0.3, -0.25) is 0 Å². The summed E-state index contributed by atoms with van der Waals surface area (Å²) in [4.78, 5) is 17.9. The van der Waals surface area contributed by atoms with Crippen molar-refractivity contribution >= 4 is 5.95 Å². The van der Waals surface area contributed by atoms with Crippen molar-refractivity contribution in [1.29, 1.82) is 5.26 Å². The zero-order valence-corrected chi connectivity index (χ0v) is 19.7. The van der Waals surface area contributed by atoms with Crippen molar-refractivity contribution in [3.8, 4) is 23.5 Å². The molecule has 2 aromatic rings. The topological polar surface area (TPSA) is 127 Å². The highest BCUT2D eigenvalue weighted by Crippen LogP contribution is 2.30. The number of nitrogens with one attached hydrogen (secondary N) is 2. The van der Waals surface area contributed by atoms with Gasteiger partial charge in [0.15, 0.2) is 5.82 Å². The molecule has 4 rings (SSSR count). The number of hydrogen-bond donors (Lipinski definition) is 2. The maximum absolute atomic E-state index is 9.63. The molecular weight excluding hydrogens is 434 g/mol. The maximum atomic E-state index is 9.63. The summed E-state index contributed by atoms with van der Waals surface area (Å²) in [6.45, 7) is 3.06. The number of ether oxygens (including phenoxy) is 3. The summed E-state index contributed by atoms with van der Waals surface area (Å²) in [7, 11) is 1.72. The fourth-order valence-corrected chi connectivity index (χ4v) is 4.35. The molecule has 34 heavy (non-hydrogen) atoms. The maximum Gasteiger partial charge on any atom is 0.223 e. The number of rotatable bonds is 10.